The fourth-order valence-electron chi connectivity index (χ4n) is 1.78. The van der Waals surface area contributed by atoms with Crippen LogP contribution in [0.15, 0.2) is 0 Å². The average Bonchev–Trinajstić information content (AvgIpc) is 2.30. The molecule has 0 saturated carbocycles. The normalized spacial score (nSPS) is 17.3. The number of nitrogens with zero attached hydrogens (tertiary/aromatic N) is 2. The number of nitrogens with one attached hydrogen (secondary N) is 1. The van der Waals surface area contributed by atoms with Crippen LogP contribution >= 0.6 is 0 Å². The Balaban J connectivity index is 2.31. The smallest absolute Gasteiger partial charge is 0.317 e. The molecular formula is C12H23N3O2. The molecule has 1 rings (SSSR count). The van der Waals surface area contributed by atoms with Gasteiger partial charge in [-0.25, -0.2) is 4.79 Å². The van der Waals surface area contributed by atoms with Gasteiger partial charge >= 0.3 is 6.03 Å². The molecule has 17 heavy (non-hydrogen) atoms. The SMILES string of the molecule is CCNC(=O)N1CCN(CC(=O)C(C)C)CC1. The predicted octanol–water partition coefficient (Wildman–Crippen LogP) is 0.559. The molecule has 98 valence electrons. The lowest BCUT2D eigenvalue weighted by atomic mass is 10.1. The van der Waals surface area contributed by atoms with Crippen LogP contribution in [0.4, 0.5) is 4.79 Å². The van der Waals surface area contributed by atoms with Crippen molar-refractivity contribution >= 4 is 11.8 Å². The fraction of sp³-hybridized carbons (Fsp3) is 0.833. The van der Waals surface area contributed by atoms with Crippen LogP contribution in [0.3, 0.4) is 0 Å². The molecule has 2 amide bonds. The van der Waals surface area contributed by atoms with E-state index in [0.29, 0.717) is 26.2 Å². The Morgan fingerprint density at radius 1 is 1.18 bits per heavy atom. The summed E-state index contributed by atoms with van der Waals surface area (Å²) in [6, 6.07) is 0.00216. The Labute approximate surface area is 103 Å². The molecule has 1 heterocycles. The van der Waals surface area contributed by atoms with Gasteiger partial charge in [-0.2, -0.15) is 0 Å². The Morgan fingerprint density at radius 2 is 1.76 bits per heavy atom. The Morgan fingerprint density at radius 3 is 2.24 bits per heavy atom. The van der Waals surface area contributed by atoms with Crippen molar-refractivity contribution in [1.29, 1.82) is 0 Å². The molecule has 0 aromatic carbocycles. The Bertz CT molecular complexity index is 271. The van der Waals surface area contributed by atoms with Gasteiger partial charge < -0.3 is 10.2 Å². The van der Waals surface area contributed by atoms with Gasteiger partial charge in [0, 0.05) is 38.6 Å². The molecule has 0 unspecified atom stereocenters. The van der Waals surface area contributed by atoms with E-state index in [1.807, 2.05) is 20.8 Å². The molecule has 0 radical (unpaired) electrons. The van der Waals surface area contributed by atoms with Gasteiger partial charge in [-0.05, 0) is 6.92 Å². The van der Waals surface area contributed by atoms with E-state index in [0.717, 1.165) is 13.1 Å². The predicted molar refractivity (Wildman–Crippen MR) is 66.9 cm³/mol. The first-order valence-corrected chi connectivity index (χ1v) is 6.32. The first-order valence-electron chi connectivity index (χ1n) is 6.32. The van der Waals surface area contributed by atoms with E-state index < -0.39 is 0 Å². The largest absolute Gasteiger partial charge is 0.338 e. The van der Waals surface area contributed by atoms with Gasteiger partial charge in [0.2, 0.25) is 0 Å². The van der Waals surface area contributed by atoms with Crippen LogP contribution in [0.2, 0.25) is 0 Å². The summed E-state index contributed by atoms with van der Waals surface area (Å²) in [6.07, 6.45) is 0. The summed E-state index contributed by atoms with van der Waals surface area (Å²) in [4.78, 5) is 27.1. The fourth-order valence-corrected chi connectivity index (χ4v) is 1.78. The summed E-state index contributed by atoms with van der Waals surface area (Å²) < 4.78 is 0. The lowest BCUT2D eigenvalue weighted by Crippen LogP contribution is -2.52. The van der Waals surface area contributed by atoms with E-state index in [-0.39, 0.29) is 17.7 Å². The number of carbonyl (C=O) groups excluding carboxylic acids is 2. The first-order chi connectivity index (χ1) is 8.04. The van der Waals surface area contributed by atoms with Gasteiger partial charge in [0.25, 0.3) is 0 Å². The second-order valence-electron chi connectivity index (χ2n) is 4.72. The molecule has 1 saturated heterocycles. The second-order valence-corrected chi connectivity index (χ2v) is 4.72. The molecular weight excluding hydrogens is 218 g/mol. The molecule has 0 aliphatic carbocycles. The quantitative estimate of drug-likeness (QED) is 0.782. The molecule has 0 bridgehead atoms. The van der Waals surface area contributed by atoms with Crippen LogP contribution in [0.1, 0.15) is 20.8 Å². The van der Waals surface area contributed by atoms with E-state index in [4.69, 9.17) is 0 Å². The standard InChI is InChI=1S/C12H23N3O2/c1-4-13-12(17)15-7-5-14(6-8-15)9-11(16)10(2)3/h10H,4-9H2,1-3H3,(H,13,17). The molecule has 1 N–H and O–H groups in total. The van der Waals surface area contributed by atoms with Gasteiger partial charge in [-0.1, -0.05) is 13.8 Å². The minimum atomic E-state index is 0.00216. The zero-order valence-electron chi connectivity index (χ0n) is 11.0. The molecule has 5 nitrogen and oxygen atoms in total. The third kappa shape index (κ3) is 4.34. The Hall–Kier alpha value is -1.10. The van der Waals surface area contributed by atoms with Crippen LogP contribution in [0.25, 0.3) is 0 Å². The lowest BCUT2D eigenvalue weighted by molar-refractivity contribution is -0.123. The maximum absolute atomic E-state index is 11.6. The molecule has 1 aliphatic heterocycles. The van der Waals surface area contributed by atoms with Crippen molar-refractivity contribution in [2.75, 3.05) is 39.3 Å². The van der Waals surface area contributed by atoms with Gasteiger partial charge in [-0.3, -0.25) is 9.69 Å². The van der Waals surface area contributed by atoms with Crippen LogP contribution in [-0.4, -0.2) is 60.9 Å². The highest BCUT2D eigenvalue weighted by Gasteiger charge is 2.22. The maximum Gasteiger partial charge on any atom is 0.317 e. The lowest BCUT2D eigenvalue weighted by Gasteiger charge is -2.34. The summed E-state index contributed by atoms with van der Waals surface area (Å²) in [5.41, 5.74) is 0. The molecule has 0 spiro atoms. The molecule has 1 aliphatic rings. The van der Waals surface area contributed by atoms with Gasteiger partial charge in [0.1, 0.15) is 5.78 Å². The highest BCUT2D eigenvalue weighted by Crippen LogP contribution is 2.04. The monoisotopic (exact) mass is 241 g/mol. The van der Waals surface area contributed by atoms with Crippen molar-refractivity contribution in [3.05, 3.63) is 0 Å². The number of amides is 2. The zero-order chi connectivity index (χ0) is 12.8. The number of urea groups is 1. The van der Waals surface area contributed by atoms with Crippen LogP contribution < -0.4 is 5.32 Å². The van der Waals surface area contributed by atoms with Gasteiger partial charge in [0.15, 0.2) is 0 Å². The third-order valence-electron chi connectivity index (χ3n) is 3.01. The molecule has 0 aromatic heterocycles. The number of ketones is 1. The number of hydrogen-bond donors (Lipinski definition) is 1. The van der Waals surface area contributed by atoms with Crippen molar-refractivity contribution in [3.8, 4) is 0 Å². The van der Waals surface area contributed by atoms with E-state index >= 15 is 0 Å². The maximum atomic E-state index is 11.6. The molecule has 0 aromatic rings. The van der Waals surface area contributed by atoms with E-state index in [2.05, 4.69) is 10.2 Å². The number of piperazine rings is 1. The van der Waals surface area contributed by atoms with Crippen molar-refractivity contribution in [1.82, 2.24) is 15.1 Å². The third-order valence-corrected chi connectivity index (χ3v) is 3.01. The van der Waals surface area contributed by atoms with E-state index in [1.165, 1.54) is 0 Å². The summed E-state index contributed by atoms with van der Waals surface area (Å²) in [6.45, 7) is 9.92. The van der Waals surface area contributed by atoms with Gasteiger partial charge in [-0.15, -0.1) is 0 Å². The number of carbonyl (C=O) groups is 2. The van der Waals surface area contributed by atoms with E-state index in [1.54, 1.807) is 4.90 Å². The summed E-state index contributed by atoms with van der Waals surface area (Å²) >= 11 is 0. The molecule has 1 fully saturated rings. The van der Waals surface area contributed by atoms with Crippen molar-refractivity contribution in [3.63, 3.8) is 0 Å². The minimum absolute atomic E-state index is 0.00216. The number of rotatable bonds is 4. The number of hydrogen-bond acceptors (Lipinski definition) is 3. The Kier molecular flexibility index (Phi) is 5.41. The summed E-state index contributed by atoms with van der Waals surface area (Å²) in [5, 5.41) is 2.79. The van der Waals surface area contributed by atoms with Gasteiger partial charge in [0.05, 0.1) is 6.54 Å². The topological polar surface area (TPSA) is 52.7 Å². The first kappa shape index (κ1) is 14.0. The minimum Gasteiger partial charge on any atom is -0.338 e. The van der Waals surface area contributed by atoms with Crippen LogP contribution in [-0.2, 0) is 4.79 Å². The average molecular weight is 241 g/mol. The highest BCUT2D eigenvalue weighted by molar-refractivity contribution is 5.82. The highest BCUT2D eigenvalue weighted by atomic mass is 16.2. The van der Waals surface area contributed by atoms with Crippen LogP contribution in [0, 0.1) is 5.92 Å². The zero-order valence-corrected chi connectivity index (χ0v) is 11.0. The van der Waals surface area contributed by atoms with Crippen molar-refractivity contribution in [2.45, 2.75) is 20.8 Å². The van der Waals surface area contributed by atoms with Crippen molar-refractivity contribution in [2.24, 2.45) is 5.92 Å². The second kappa shape index (κ2) is 6.59. The van der Waals surface area contributed by atoms with E-state index in [9.17, 15) is 9.59 Å². The number of Topliss-reactive ketones (excluding diaryl/α,β-unsaturated/α-hetero) is 1. The van der Waals surface area contributed by atoms with Crippen molar-refractivity contribution < 1.29 is 9.59 Å². The molecule has 5 heteroatoms. The summed E-state index contributed by atoms with van der Waals surface area (Å²) in [7, 11) is 0. The summed E-state index contributed by atoms with van der Waals surface area (Å²) in [5.74, 6) is 0.368. The van der Waals surface area contributed by atoms with Crippen LogP contribution in [0.5, 0.6) is 0 Å². The molecule has 0 atom stereocenters.